The molecule has 0 radical (unpaired) electrons. The van der Waals surface area contributed by atoms with Crippen molar-refractivity contribution >= 4 is 28.2 Å². The van der Waals surface area contributed by atoms with E-state index in [1.807, 2.05) is 0 Å². The number of hydrazine groups is 1. The molecule has 16 heavy (non-hydrogen) atoms. The summed E-state index contributed by atoms with van der Waals surface area (Å²) in [5.74, 6) is 5.40. The molecule has 2 aromatic heterocycles. The lowest BCUT2D eigenvalue weighted by molar-refractivity contribution is 0.102. The molecule has 2 heterocycles. The lowest BCUT2D eigenvalue weighted by atomic mass is 10.2. The Morgan fingerprint density at radius 2 is 2.25 bits per heavy atom. The topological polar surface area (TPSA) is 92.9 Å². The van der Waals surface area contributed by atoms with E-state index in [2.05, 4.69) is 20.7 Å². The molecule has 2 rings (SSSR count). The molecule has 0 atom stereocenters. The Morgan fingerprint density at radius 3 is 2.94 bits per heavy atom. The quantitative estimate of drug-likeness (QED) is 0.546. The standard InChI is InChI=1S/C9H9N5OS/c10-14-7-5-6(1-2-11-7)8(15)13-9-12-3-4-16-9/h1-5H,10H2,(H,11,14)(H,12,13,15). The van der Waals surface area contributed by atoms with Crippen molar-refractivity contribution in [1.82, 2.24) is 9.97 Å². The predicted octanol–water partition coefficient (Wildman–Crippen LogP) is 1.08. The molecule has 2 aromatic rings. The SMILES string of the molecule is NNc1cc(C(=O)Nc2nccs2)ccn1. The van der Waals surface area contributed by atoms with Gasteiger partial charge in [0.1, 0.15) is 5.82 Å². The molecule has 0 spiro atoms. The first-order valence-electron chi connectivity index (χ1n) is 4.43. The number of nitrogens with one attached hydrogen (secondary N) is 2. The minimum Gasteiger partial charge on any atom is -0.308 e. The second kappa shape index (κ2) is 4.69. The summed E-state index contributed by atoms with van der Waals surface area (Å²) >= 11 is 1.36. The minimum atomic E-state index is -0.242. The fourth-order valence-electron chi connectivity index (χ4n) is 1.11. The average molecular weight is 235 g/mol. The Balaban J connectivity index is 2.14. The van der Waals surface area contributed by atoms with Crippen LogP contribution in [0.4, 0.5) is 10.9 Å². The first-order chi connectivity index (χ1) is 7.79. The summed E-state index contributed by atoms with van der Waals surface area (Å²) in [5.41, 5.74) is 2.85. The summed E-state index contributed by atoms with van der Waals surface area (Å²) in [7, 11) is 0. The van der Waals surface area contributed by atoms with Gasteiger partial charge < -0.3 is 5.43 Å². The van der Waals surface area contributed by atoms with Gasteiger partial charge in [-0.05, 0) is 12.1 Å². The molecular weight excluding hydrogens is 226 g/mol. The number of nitrogens with zero attached hydrogens (tertiary/aromatic N) is 2. The summed E-state index contributed by atoms with van der Waals surface area (Å²) in [5, 5.41) is 5.01. The van der Waals surface area contributed by atoms with Crippen LogP contribution in [0.3, 0.4) is 0 Å². The number of nitrogens with two attached hydrogens (primary N) is 1. The zero-order valence-corrected chi connectivity index (χ0v) is 8.99. The Morgan fingerprint density at radius 1 is 1.38 bits per heavy atom. The van der Waals surface area contributed by atoms with Gasteiger partial charge in [-0.15, -0.1) is 11.3 Å². The van der Waals surface area contributed by atoms with Gasteiger partial charge in [0.2, 0.25) is 0 Å². The van der Waals surface area contributed by atoms with Gasteiger partial charge in [-0.3, -0.25) is 10.1 Å². The zero-order valence-electron chi connectivity index (χ0n) is 8.18. The number of anilines is 2. The molecule has 82 valence electrons. The van der Waals surface area contributed by atoms with Gasteiger partial charge in [0.25, 0.3) is 5.91 Å². The molecule has 0 saturated carbocycles. The maximum Gasteiger partial charge on any atom is 0.257 e. The maximum absolute atomic E-state index is 11.7. The van der Waals surface area contributed by atoms with Crippen LogP contribution in [0.5, 0.6) is 0 Å². The van der Waals surface area contributed by atoms with E-state index in [4.69, 9.17) is 5.84 Å². The second-order valence-electron chi connectivity index (χ2n) is 2.87. The van der Waals surface area contributed by atoms with Gasteiger partial charge in [0, 0.05) is 23.3 Å². The summed E-state index contributed by atoms with van der Waals surface area (Å²) in [6, 6.07) is 3.16. The number of amides is 1. The summed E-state index contributed by atoms with van der Waals surface area (Å²) < 4.78 is 0. The number of nitrogen functional groups attached to an aromatic ring is 1. The summed E-state index contributed by atoms with van der Waals surface area (Å²) in [6.07, 6.45) is 3.13. The molecule has 0 aliphatic rings. The normalized spacial score (nSPS) is 9.81. The maximum atomic E-state index is 11.7. The predicted molar refractivity (Wildman–Crippen MR) is 62.1 cm³/mol. The van der Waals surface area contributed by atoms with Crippen molar-refractivity contribution in [2.45, 2.75) is 0 Å². The molecule has 0 saturated heterocycles. The number of hydrogen-bond acceptors (Lipinski definition) is 6. The van der Waals surface area contributed by atoms with Crippen molar-refractivity contribution in [2.24, 2.45) is 5.84 Å². The van der Waals surface area contributed by atoms with Crippen LogP contribution in [0, 0.1) is 0 Å². The molecule has 0 aromatic carbocycles. The number of carbonyl (C=O) groups is 1. The fraction of sp³-hybridized carbons (Fsp3) is 0. The highest BCUT2D eigenvalue weighted by Gasteiger charge is 2.07. The van der Waals surface area contributed by atoms with E-state index in [1.165, 1.54) is 17.5 Å². The Kier molecular flexibility index (Phi) is 3.08. The number of rotatable bonds is 3. The van der Waals surface area contributed by atoms with Gasteiger partial charge in [-0.2, -0.15) is 0 Å². The fourth-order valence-corrected chi connectivity index (χ4v) is 1.63. The average Bonchev–Trinajstić information content (AvgIpc) is 2.82. The van der Waals surface area contributed by atoms with E-state index in [-0.39, 0.29) is 5.91 Å². The monoisotopic (exact) mass is 235 g/mol. The van der Waals surface area contributed by atoms with E-state index in [9.17, 15) is 4.79 Å². The highest BCUT2D eigenvalue weighted by atomic mass is 32.1. The first-order valence-corrected chi connectivity index (χ1v) is 5.31. The molecule has 7 heteroatoms. The number of thiazole rings is 1. The van der Waals surface area contributed by atoms with Gasteiger partial charge >= 0.3 is 0 Å². The van der Waals surface area contributed by atoms with Crippen LogP contribution in [-0.2, 0) is 0 Å². The first kappa shape index (κ1) is 10.5. The van der Waals surface area contributed by atoms with E-state index in [0.29, 0.717) is 16.5 Å². The third kappa shape index (κ3) is 2.33. The molecule has 0 aliphatic carbocycles. The van der Waals surface area contributed by atoms with E-state index < -0.39 is 0 Å². The summed E-state index contributed by atoms with van der Waals surface area (Å²) in [6.45, 7) is 0. The molecule has 1 amide bonds. The Labute approximate surface area is 95.5 Å². The lowest BCUT2D eigenvalue weighted by Crippen LogP contribution is -2.14. The molecule has 6 nitrogen and oxygen atoms in total. The van der Waals surface area contributed by atoms with E-state index >= 15 is 0 Å². The van der Waals surface area contributed by atoms with E-state index in [1.54, 1.807) is 23.7 Å². The molecule has 4 N–H and O–H groups in total. The van der Waals surface area contributed by atoms with Crippen LogP contribution in [-0.4, -0.2) is 15.9 Å². The minimum absolute atomic E-state index is 0.242. The smallest absolute Gasteiger partial charge is 0.257 e. The van der Waals surface area contributed by atoms with Crippen LogP contribution in [0.25, 0.3) is 0 Å². The number of pyridine rings is 1. The van der Waals surface area contributed by atoms with Crippen LogP contribution >= 0.6 is 11.3 Å². The Bertz CT molecular complexity index is 484. The van der Waals surface area contributed by atoms with Gasteiger partial charge in [-0.25, -0.2) is 15.8 Å². The molecule has 0 aliphatic heterocycles. The van der Waals surface area contributed by atoms with Crippen LogP contribution in [0.2, 0.25) is 0 Å². The van der Waals surface area contributed by atoms with Crippen molar-refractivity contribution in [1.29, 1.82) is 0 Å². The van der Waals surface area contributed by atoms with Crippen LogP contribution in [0.1, 0.15) is 10.4 Å². The van der Waals surface area contributed by atoms with Crippen molar-refractivity contribution < 1.29 is 4.79 Å². The molecular formula is C9H9N5OS. The third-order valence-corrected chi connectivity index (χ3v) is 2.51. The number of carbonyl (C=O) groups excluding carboxylic acids is 1. The van der Waals surface area contributed by atoms with Crippen LogP contribution in [0.15, 0.2) is 29.9 Å². The lowest BCUT2D eigenvalue weighted by Gasteiger charge is -2.03. The largest absolute Gasteiger partial charge is 0.308 e. The van der Waals surface area contributed by atoms with Crippen LogP contribution < -0.4 is 16.6 Å². The zero-order chi connectivity index (χ0) is 11.4. The highest BCUT2D eigenvalue weighted by Crippen LogP contribution is 2.13. The Hall–Kier alpha value is -1.99. The highest BCUT2D eigenvalue weighted by molar-refractivity contribution is 7.13. The van der Waals surface area contributed by atoms with Crippen molar-refractivity contribution in [3.63, 3.8) is 0 Å². The second-order valence-corrected chi connectivity index (χ2v) is 3.76. The number of aromatic nitrogens is 2. The molecule has 0 bridgehead atoms. The summed E-state index contributed by atoms with van der Waals surface area (Å²) in [4.78, 5) is 19.6. The molecule has 0 unspecified atom stereocenters. The van der Waals surface area contributed by atoms with Crippen molar-refractivity contribution in [2.75, 3.05) is 10.7 Å². The molecule has 0 fully saturated rings. The van der Waals surface area contributed by atoms with Gasteiger partial charge in [0.05, 0.1) is 0 Å². The van der Waals surface area contributed by atoms with E-state index in [0.717, 1.165) is 0 Å². The third-order valence-electron chi connectivity index (χ3n) is 1.82. The van der Waals surface area contributed by atoms with Crippen molar-refractivity contribution in [3.05, 3.63) is 35.5 Å². The van der Waals surface area contributed by atoms with Gasteiger partial charge in [0.15, 0.2) is 5.13 Å². The van der Waals surface area contributed by atoms with Gasteiger partial charge in [-0.1, -0.05) is 0 Å². The van der Waals surface area contributed by atoms with Crippen molar-refractivity contribution in [3.8, 4) is 0 Å². The number of hydrogen-bond donors (Lipinski definition) is 3.